The van der Waals surface area contributed by atoms with Crippen LogP contribution in [0.1, 0.15) is 6.42 Å². The maximum atomic E-state index is 13.0. The molecule has 28 heavy (non-hydrogen) atoms. The fourth-order valence-electron chi connectivity index (χ4n) is 3.87. The number of benzene rings is 1. The van der Waals surface area contributed by atoms with Gasteiger partial charge in [-0.15, -0.1) is 0 Å². The van der Waals surface area contributed by atoms with Gasteiger partial charge in [-0.1, -0.05) is 0 Å². The topological polar surface area (TPSA) is 82.1 Å². The van der Waals surface area contributed by atoms with E-state index < -0.39 is 12.7 Å². The maximum absolute atomic E-state index is 13.0. The standard InChI is InChI=1S/C18H17F3N6O/c19-18(20,21)9-27-17-14(6-23-27)16(26-7-13-5-12(26)8-28-13)24-15(25-17)10-1-3-11(22)4-2-10/h1-4,6,12-13H,5,7-9,22H2. The molecule has 2 bridgehead atoms. The number of hydrogen-bond donors (Lipinski definition) is 1. The predicted molar refractivity (Wildman–Crippen MR) is 96.7 cm³/mol. The quantitative estimate of drug-likeness (QED) is 0.693. The molecule has 2 fully saturated rings. The normalized spacial score (nSPS) is 21.8. The molecule has 0 radical (unpaired) electrons. The summed E-state index contributed by atoms with van der Waals surface area (Å²) in [6, 6.07) is 7.09. The van der Waals surface area contributed by atoms with Crippen LogP contribution in [0.5, 0.6) is 0 Å². The summed E-state index contributed by atoms with van der Waals surface area (Å²) in [6.07, 6.45) is -1.97. The molecule has 146 valence electrons. The molecule has 2 aliphatic heterocycles. The molecule has 1 aromatic carbocycles. The molecule has 2 atom stereocenters. The van der Waals surface area contributed by atoms with Crippen molar-refractivity contribution in [1.29, 1.82) is 0 Å². The van der Waals surface area contributed by atoms with Crippen molar-refractivity contribution in [2.24, 2.45) is 0 Å². The second-order valence-electron chi connectivity index (χ2n) is 7.14. The molecule has 3 aromatic rings. The first kappa shape index (κ1) is 17.2. The third-order valence-corrected chi connectivity index (χ3v) is 5.15. The van der Waals surface area contributed by atoms with Crippen molar-refractivity contribution in [1.82, 2.24) is 19.7 Å². The number of morpholine rings is 1. The third-order valence-electron chi connectivity index (χ3n) is 5.15. The van der Waals surface area contributed by atoms with Crippen LogP contribution in [0.25, 0.3) is 22.4 Å². The summed E-state index contributed by atoms with van der Waals surface area (Å²) in [6.45, 7) is 0.0375. The molecular formula is C18H17F3N6O. The Labute approximate surface area is 157 Å². The number of ether oxygens (including phenoxy) is 1. The van der Waals surface area contributed by atoms with Crippen LogP contribution in [0.2, 0.25) is 0 Å². The van der Waals surface area contributed by atoms with Crippen molar-refractivity contribution in [2.45, 2.75) is 31.3 Å². The average Bonchev–Trinajstić information content (AvgIpc) is 3.36. The summed E-state index contributed by atoms with van der Waals surface area (Å²) in [5.41, 5.74) is 7.17. The third kappa shape index (κ3) is 2.93. The number of halogens is 3. The predicted octanol–water partition coefficient (Wildman–Crippen LogP) is 2.62. The number of alkyl halides is 3. The number of hydrogen-bond acceptors (Lipinski definition) is 6. The Morgan fingerprint density at radius 1 is 1.18 bits per heavy atom. The van der Waals surface area contributed by atoms with Crippen LogP contribution < -0.4 is 10.6 Å². The number of nitrogens with zero attached hydrogens (tertiary/aromatic N) is 5. The second-order valence-corrected chi connectivity index (χ2v) is 7.14. The zero-order chi connectivity index (χ0) is 19.5. The maximum Gasteiger partial charge on any atom is 0.408 e. The van der Waals surface area contributed by atoms with Crippen molar-refractivity contribution in [2.75, 3.05) is 23.8 Å². The van der Waals surface area contributed by atoms with Crippen LogP contribution in [0, 0.1) is 0 Å². The van der Waals surface area contributed by atoms with Crippen molar-refractivity contribution < 1.29 is 17.9 Å². The lowest BCUT2D eigenvalue weighted by molar-refractivity contribution is -0.141. The van der Waals surface area contributed by atoms with Crippen LogP contribution in [0.3, 0.4) is 0 Å². The number of nitrogens with two attached hydrogens (primary N) is 1. The largest absolute Gasteiger partial charge is 0.408 e. The lowest BCUT2D eigenvalue weighted by Crippen LogP contribution is -2.37. The fourth-order valence-corrected chi connectivity index (χ4v) is 3.87. The fraction of sp³-hybridized carbons (Fsp3) is 0.389. The summed E-state index contributed by atoms with van der Waals surface area (Å²) in [5, 5.41) is 4.45. The van der Waals surface area contributed by atoms with E-state index in [1.54, 1.807) is 24.3 Å². The van der Waals surface area contributed by atoms with E-state index >= 15 is 0 Å². The summed E-state index contributed by atoms with van der Waals surface area (Å²) in [5.74, 6) is 0.941. The first-order valence-electron chi connectivity index (χ1n) is 8.92. The first-order valence-corrected chi connectivity index (χ1v) is 8.92. The van der Waals surface area contributed by atoms with Gasteiger partial charge in [-0.25, -0.2) is 14.6 Å². The van der Waals surface area contributed by atoms with Crippen molar-refractivity contribution in [3.05, 3.63) is 30.5 Å². The highest BCUT2D eigenvalue weighted by Gasteiger charge is 2.41. The van der Waals surface area contributed by atoms with Gasteiger partial charge in [0.25, 0.3) is 0 Å². The van der Waals surface area contributed by atoms with Crippen LogP contribution in [0.15, 0.2) is 30.5 Å². The SMILES string of the molecule is Nc1ccc(-c2nc(N3CC4CC3CO4)c3cnn(CC(F)(F)F)c3n2)cc1. The number of nitrogen functional groups attached to an aromatic ring is 1. The van der Waals surface area contributed by atoms with Crippen LogP contribution in [0.4, 0.5) is 24.7 Å². The Kier molecular flexibility index (Phi) is 3.73. The van der Waals surface area contributed by atoms with Gasteiger partial charge in [0.2, 0.25) is 0 Å². The highest BCUT2D eigenvalue weighted by Crippen LogP contribution is 2.36. The molecular weight excluding hydrogens is 373 g/mol. The van der Waals surface area contributed by atoms with Gasteiger partial charge < -0.3 is 15.4 Å². The minimum absolute atomic E-state index is 0.125. The smallest absolute Gasteiger partial charge is 0.399 e. The van der Waals surface area contributed by atoms with E-state index in [0.29, 0.717) is 41.4 Å². The zero-order valence-corrected chi connectivity index (χ0v) is 14.7. The van der Waals surface area contributed by atoms with Gasteiger partial charge in [-0.05, 0) is 30.7 Å². The first-order chi connectivity index (χ1) is 13.4. The van der Waals surface area contributed by atoms with Crippen molar-refractivity contribution in [3.63, 3.8) is 0 Å². The number of rotatable bonds is 3. The van der Waals surface area contributed by atoms with E-state index in [-0.39, 0.29) is 17.8 Å². The van der Waals surface area contributed by atoms with Crippen molar-refractivity contribution >= 4 is 22.5 Å². The summed E-state index contributed by atoms with van der Waals surface area (Å²) >= 11 is 0. The second kappa shape index (κ2) is 6.06. The summed E-state index contributed by atoms with van der Waals surface area (Å²) in [4.78, 5) is 11.2. The van der Waals surface area contributed by atoms with E-state index in [1.807, 2.05) is 0 Å². The van der Waals surface area contributed by atoms with Gasteiger partial charge in [-0.3, -0.25) is 0 Å². The molecule has 2 aliphatic rings. The number of fused-ring (bicyclic) bond motifs is 3. The Morgan fingerprint density at radius 3 is 2.61 bits per heavy atom. The van der Waals surface area contributed by atoms with Crippen LogP contribution in [-0.4, -0.2) is 51.2 Å². The highest BCUT2D eigenvalue weighted by molar-refractivity contribution is 5.89. The lowest BCUT2D eigenvalue weighted by Gasteiger charge is -2.28. The molecule has 7 nitrogen and oxygen atoms in total. The Bertz CT molecular complexity index is 1030. The van der Waals surface area contributed by atoms with E-state index in [2.05, 4.69) is 15.0 Å². The van der Waals surface area contributed by atoms with E-state index in [0.717, 1.165) is 11.1 Å². The molecule has 0 saturated carbocycles. The van der Waals surface area contributed by atoms with Gasteiger partial charge in [-0.2, -0.15) is 18.3 Å². The molecule has 2 saturated heterocycles. The summed E-state index contributed by atoms with van der Waals surface area (Å²) < 4.78 is 45.5. The van der Waals surface area contributed by atoms with Crippen LogP contribution >= 0.6 is 0 Å². The minimum atomic E-state index is -4.40. The van der Waals surface area contributed by atoms with Crippen molar-refractivity contribution in [3.8, 4) is 11.4 Å². The molecule has 2 N–H and O–H groups in total. The molecule has 4 heterocycles. The van der Waals surface area contributed by atoms with Gasteiger partial charge in [0.1, 0.15) is 12.4 Å². The number of aromatic nitrogens is 4. The van der Waals surface area contributed by atoms with Crippen LogP contribution in [-0.2, 0) is 11.3 Å². The van der Waals surface area contributed by atoms with Gasteiger partial charge in [0.05, 0.1) is 30.3 Å². The molecule has 0 aliphatic carbocycles. The highest BCUT2D eigenvalue weighted by atomic mass is 19.4. The monoisotopic (exact) mass is 390 g/mol. The summed E-state index contributed by atoms with van der Waals surface area (Å²) in [7, 11) is 0. The van der Waals surface area contributed by atoms with Gasteiger partial charge >= 0.3 is 6.18 Å². The zero-order valence-electron chi connectivity index (χ0n) is 14.7. The molecule has 5 rings (SSSR count). The Morgan fingerprint density at radius 2 is 1.96 bits per heavy atom. The number of anilines is 2. The van der Waals surface area contributed by atoms with Gasteiger partial charge in [0, 0.05) is 17.8 Å². The molecule has 0 amide bonds. The van der Waals surface area contributed by atoms with E-state index in [9.17, 15) is 13.2 Å². The lowest BCUT2D eigenvalue weighted by atomic mass is 10.2. The Hall–Kier alpha value is -2.88. The molecule has 2 unspecified atom stereocenters. The molecule has 10 heteroatoms. The molecule has 0 spiro atoms. The Balaban J connectivity index is 1.67. The average molecular weight is 390 g/mol. The van der Waals surface area contributed by atoms with E-state index in [1.165, 1.54) is 6.20 Å². The van der Waals surface area contributed by atoms with E-state index in [4.69, 9.17) is 15.5 Å². The molecule has 2 aromatic heterocycles. The van der Waals surface area contributed by atoms with Gasteiger partial charge in [0.15, 0.2) is 11.5 Å². The minimum Gasteiger partial charge on any atom is -0.399 e.